The average Bonchev–Trinajstić information content (AvgIpc) is 2.54. The molecule has 0 spiro atoms. The van der Waals surface area contributed by atoms with Gasteiger partial charge in [0.05, 0.1) is 5.69 Å². The molecule has 15 heavy (non-hydrogen) atoms. The predicted octanol–water partition coefficient (Wildman–Crippen LogP) is 0.170. The molecule has 0 amide bonds. The average molecular weight is 208 g/mol. The van der Waals surface area contributed by atoms with E-state index in [1.807, 2.05) is 0 Å². The highest BCUT2D eigenvalue weighted by molar-refractivity contribution is 5.20. The van der Waals surface area contributed by atoms with Gasteiger partial charge < -0.3 is 14.8 Å². The maximum Gasteiger partial charge on any atom is 0.110 e. The van der Waals surface area contributed by atoms with Crippen molar-refractivity contribution in [2.75, 3.05) is 27.2 Å². The first-order valence-corrected chi connectivity index (χ1v) is 5.57. The fraction of sp³-hybridized carbons (Fsp3) is 0.727. The summed E-state index contributed by atoms with van der Waals surface area (Å²) in [6.45, 7) is 3.09. The third-order valence-electron chi connectivity index (χ3n) is 3.00. The lowest BCUT2D eigenvalue weighted by atomic mass is 10.2. The smallest absolute Gasteiger partial charge is 0.110 e. The summed E-state index contributed by atoms with van der Waals surface area (Å²) in [5.74, 6) is 1.22. The molecule has 0 saturated heterocycles. The van der Waals surface area contributed by atoms with Crippen molar-refractivity contribution in [3.63, 3.8) is 0 Å². The zero-order valence-electron chi connectivity index (χ0n) is 9.88. The summed E-state index contributed by atoms with van der Waals surface area (Å²) < 4.78 is 2.28. The Balaban J connectivity index is 2.14. The van der Waals surface area contributed by atoms with E-state index in [0.717, 1.165) is 32.5 Å². The van der Waals surface area contributed by atoms with E-state index in [1.165, 1.54) is 17.2 Å². The predicted molar refractivity (Wildman–Crippen MR) is 60.9 cm³/mol. The first-order valence-electron chi connectivity index (χ1n) is 5.57. The number of nitrogens with one attached hydrogen (secondary N) is 1. The Kier molecular flexibility index (Phi) is 3.07. The van der Waals surface area contributed by atoms with Gasteiger partial charge in [-0.1, -0.05) is 0 Å². The summed E-state index contributed by atoms with van der Waals surface area (Å²) >= 11 is 0. The van der Waals surface area contributed by atoms with Crippen LogP contribution in [0.1, 0.15) is 17.2 Å². The normalized spacial score (nSPS) is 15.7. The third-order valence-corrected chi connectivity index (χ3v) is 3.00. The summed E-state index contributed by atoms with van der Waals surface area (Å²) in [5, 5.41) is 3.36. The number of fused-ring (bicyclic) bond motifs is 1. The number of nitrogens with zero attached hydrogens (tertiary/aromatic N) is 3. The van der Waals surface area contributed by atoms with E-state index in [1.54, 1.807) is 0 Å². The van der Waals surface area contributed by atoms with Gasteiger partial charge in [0, 0.05) is 45.2 Å². The SMILES string of the molecule is CN(C)CCc1nc2c(n1C)CCNC2. The van der Waals surface area contributed by atoms with Gasteiger partial charge in [0.1, 0.15) is 5.82 Å². The van der Waals surface area contributed by atoms with Crippen LogP contribution < -0.4 is 5.32 Å². The van der Waals surface area contributed by atoms with Gasteiger partial charge in [0.15, 0.2) is 0 Å². The Hall–Kier alpha value is -0.870. The summed E-state index contributed by atoms with van der Waals surface area (Å²) in [6.07, 6.45) is 2.15. The second-order valence-corrected chi connectivity index (χ2v) is 4.46. The highest BCUT2D eigenvalue weighted by Crippen LogP contribution is 2.14. The van der Waals surface area contributed by atoms with E-state index in [2.05, 4.69) is 35.9 Å². The van der Waals surface area contributed by atoms with Crippen molar-refractivity contribution in [2.24, 2.45) is 7.05 Å². The van der Waals surface area contributed by atoms with Crippen LogP contribution >= 0.6 is 0 Å². The van der Waals surface area contributed by atoms with E-state index < -0.39 is 0 Å². The zero-order chi connectivity index (χ0) is 10.8. The topological polar surface area (TPSA) is 33.1 Å². The van der Waals surface area contributed by atoms with Crippen molar-refractivity contribution in [3.8, 4) is 0 Å². The van der Waals surface area contributed by atoms with E-state index >= 15 is 0 Å². The van der Waals surface area contributed by atoms with Gasteiger partial charge in [-0.15, -0.1) is 0 Å². The molecule has 0 fully saturated rings. The van der Waals surface area contributed by atoms with E-state index in [0.29, 0.717) is 0 Å². The van der Waals surface area contributed by atoms with E-state index in [9.17, 15) is 0 Å². The highest BCUT2D eigenvalue weighted by atomic mass is 15.1. The van der Waals surface area contributed by atoms with E-state index in [4.69, 9.17) is 4.98 Å². The van der Waals surface area contributed by atoms with Crippen LogP contribution in [-0.4, -0.2) is 41.6 Å². The molecule has 84 valence electrons. The number of imidazole rings is 1. The van der Waals surface area contributed by atoms with Crippen LogP contribution in [0, 0.1) is 0 Å². The minimum Gasteiger partial charge on any atom is -0.335 e. The van der Waals surface area contributed by atoms with Crippen LogP contribution in [0.25, 0.3) is 0 Å². The Labute approximate surface area is 91.3 Å². The standard InChI is InChI=1S/C11H20N4/c1-14(2)7-5-11-13-9-8-12-6-4-10(9)15(11)3/h12H,4-8H2,1-3H3. The molecule has 0 saturated carbocycles. The maximum absolute atomic E-state index is 4.70. The molecular weight excluding hydrogens is 188 g/mol. The fourth-order valence-electron chi connectivity index (χ4n) is 2.06. The van der Waals surface area contributed by atoms with Gasteiger partial charge in [-0.3, -0.25) is 0 Å². The van der Waals surface area contributed by atoms with Crippen molar-refractivity contribution in [1.29, 1.82) is 0 Å². The molecule has 4 nitrogen and oxygen atoms in total. The fourth-order valence-corrected chi connectivity index (χ4v) is 2.06. The molecule has 2 rings (SSSR count). The summed E-state index contributed by atoms with van der Waals surface area (Å²) in [6, 6.07) is 0. The van der Waals surface area contributed by atoms with Crippen LogP contribution in [0.2, 0.25) is 0 Å². The quantitative estimate of drug-likeness (QED) is 0.768. The number of rotatable bonds is 3. The third kappa shape index (κ3) is 2.21. The monoisotopic (exact) mass is 208 g/mol. The van der Waals surface area contributed by atoms with Gasteiger partial charge >= 0.3 is 0 Å². The lowest BCUT2D eigenvalue weighted by Crippen LogP contribution is -2.24. The molecule has 0 aliphatic carbocycles. The van der Waals surface area contributed by atoms with Crippen molar-refractivity contribution in [1.82, 2.24) is 19.8 Å². The molecule has 0 aromatic carbocycles. The molecule has 1 aliphatic rings. The minimum atomic E-state index is 0.936. The lowest BCUT2D eigenvalue weighted by Gasteiger charge is -2.13. The summed E-state index contributed by atoms with van der Waals surface area (Å²) in [5.41, 5.74) is 2.67. The molecule has 0 bridgehead atoms. The Morgan fingerprint density at radius 1 is 1.47 bits per heavy atom. The summed E-state index contributed by atoms with van der Waals surface area (Å²) in [4.78, 5) is 6.90. The molecule has 1 N–H and O–H groups in total. The Morgan fingerprint density at radius 3 is 2.93 bits per heavy atom. The lowest BCUT2D eigenvalue weighted by molar-refractivity contribution is 0.407. The number of hydrogen-bond donors (Lipinski definition) is 1. The highest BCUT2D eigenvalue weighted by Gasteiger charge is 2.16. The van der Waals surface area contributed by atoms with Crippen molar-refractivity contribution in [2.45, 2.75) is 19.4 Å². The first kappa shape index (κ1) is 10.6. The van der Waals surface area contributed by atoms with Crippen molar-refractivity contribution in [3.05, 3.63) is 17.2 Å². The van der Waals surface area contributed by atoms with Crippen LogP contribution in [0.5, 0.6) is 0 Å². The zero-order valence-corrected chi connectivity index (χ0v) is 9.88. The molecule has 0 atom stereocenters. The largest absolute Gasteiger partial charge is 0.335 e. The first-order chi connectivity index (χ1) is 7.18. The van der Waals surface area contributed by atoms with E-state index in [-0.39, 0.29) is 0 Å². The number of aromatic nitrogens is 2. The molecule has 1 aromatic heterocycles. The second-order valence-electron chi connectivity index (χ2n) is 4.46. The van der Waals surface area contributed by atoms with Crippen LogP contribution in [0.4, 0.5) is 0 Å². The molecule has 2 heterocycles. The van der Waals surface area contributed by atoms with Crippen molar-refractivity contribution < 1.29 is 0 Å². The maximum atomic E-state index is 4.70. The molecule has 1 aliphatic heterocycles. The van der Waals surface area contributed by atoms with Gasteiger partial charge in [-0.05, 0) is 14.1 Å². The Morgan fingerprint density at radius 2 is 2.27 bits per heavy atom. The molecule has 0 unspecified atom stereocenters. The van der Waals surface area contributed by atoms with Gasteiger partial charge in [-0.2, -0.15) is 0 Å². The number of likely N-dealkylation sites (N-methyl/N-ethyl adjacent to an activating group) is 1. The molecule has 1 aromatic rings. The van der Waals surface area contributed by atoms with Gasteiger partial charge in [0.2, 0.25) is 0 Å². The van der Waals surface area contributed by atoms with Gasteiger partial charge in [-0.25, -0.2) is 4.98 Å². The Bertz CT molecular complexity index is 341. The number of hydrogen-bond acceptors (Lipinski definition) is 3. The van der Waals surface area contributed by atoms with Crippen LogP contribution in [-0.2, 0) is 26.4 Å². The van der Waals surface area contributed by atoms with Crippen LogP contribution in [0.3, 0.4) is 0 Å². The summed E-state index contributed by atoms with van der Waals surface area (Å²) in [7, 11) is 6.34. The molecular formula is C11H20N4. The van der Waals surface area contributed by atoms with Crippen LogP contribution in [0.15, 0.2) is 0 Å². The van der Waals surface area contributed by atoms with Crippen molar-refractivity contribution >= 4 is 0 Å². The molecule has 4 heteroatoms. The minimum absolute atomic E-state index is 0.936. The van der Waals surface area contributed by atoms with Gasteiger partial charge in [0.25, 0.3) is 0 Å². The molecule has 0 radical (unpaired) electrons. The second kappa shape index (κ2) is 4.33.